The van der Waals surface area contributed by atoms with Crippen molar-refractivity contribution >= 4 is 17.6 Å². The zero-order chi connectivity index (χ0) is 13.0. The predicted octanol–water partition coefficient (Wildman–Crippen LogP) is 1.66. The van der Waals surface area contributed by atoms with Gasteiger partial charge in [0, 0.05) is 12.7 Å². The maximum atomic E-state index is 13.1. The number of methoxy groups -OCH3 is 1. The van der Waals surface area contributed by atoms with Gasteiger partial charge in [-0.3, -0.25) is 9.59 Å². The number of hydrogen-bond acceptors (Lipinski definition) is 3. The summed E-state index contributed by atoms with van der Waals surface area (Å²) in [5, 5.41) is 0. The molecule has 0 spiro atoms. The predicted molar refractivity (Wildman–Crippen MR) is 61.2 cm³/mol. The third kappa shape index (κ3) is 3.27. The van der Waals surface area contributed by atoms with E-state index >= 15 is 0 Å². The van der Waals surface area contributed by atoms with Crippen molar-refractivity contribution in [2.24, 2.45) is 0 Å². The summed E-state index contributed by atoms with van der Waals surface area (Å²) in [6.07, 6.45) is -0.330. The molecule has 17 heavy (non-hydrogen) atoms. The molecule has 0 aliphatic heterocycles. The van der Waals surface area contributed by atoms with Crippen LogP contribution in [-0.2, 0) is 14.3 Å². The summed E-state index contributed by atoms with van der Waals surface area (Å²) in [7, 11) is 2.75. The van der Waals surface area contributed by atoms with E-state index in [1.54, 1.807) is 13.0 Å². The first-order valence-corrected chi connectivity index (χ1v) is 5.05. The Morgan fingerprint density at radius 2 is 2.06 bits per heavy atom. The van der Waals surface area contributed by atoms with Crippen LogP contribution in [0.15, 0.2) is 18.2 Å². The number of ether oxygens (including phenoxy) is 1. The van der Waals surface area contributed by atoms with Crippen molar-refractivity contribution < 1.29 is 18.7 Å². The summed E-state index contributed by atoms with van der Waals surface area (Å²) < 4.78 is 17.5. The molecule has 0 aliphatic rings. The summed E-state index contributed by atoms with van der Waals surface area (Å²) in [6, 6.07) is 4.31. The lowest BCUT2D eigenvalue weighted by molar-refractivity contribution is -0.143. The van der Waals surface area contributed by atoms with Crippen LogP contribution in [0.3, 0.4) is 0 Å². The van der Waals surface area contributed by atoms with Crippen molar-refractivity contribution in [1.29, 1.82) is 0 Å². The van der Waals surface area contributed by atoms with Crippen LogP contribution in [0.25, 0.3) is 0 Å². The van der Waals surface area contributed by atoms with E-state index in [1.807, 2.05) is 0 Å². The van der Waals surface area contributed by atoms with Crippen molar-refractivity contribution in [3.05, 3.63) is 29.6 Å². The highest BCUT2D eigenvalue weighted by Gasteiger charge is 2.16. The number of amides is 1. The molecule has 0 aromatic heterocycles. The number of benzene rings is 1. The molecule has 1 rings (SSSR count). The van der Waals surface area contributed by atoms with Crippen LogP contribution in [0.5, 0.6) is 0 Å². The van der Waals surface area contributed by atoms with Crippen molar-refractivity contribution in [3.8, 4) is 0 Å². The normalized spacial score (nSPS) is 9.88. The number of esters is 1. The second-order valence-electron chi connectivity index (χ2n) is 3.64. The second kappa shape index (κ2) is 5.43. The average Bonchev–Trinajstić information content (AvgIpc) is 2.31. The van der Waals surface area contributed by atoms with Crippen LogP contribution >= 0.6 is 0 Å². The monoisotopic (exact) mass is 239 g/mol. The van der Waals surface area contributed by atoms with Crippen LogP contribution in [0, 0.1) is 12.7 Å². The Balaban J connectivity index is 2.81. The third-order valence-corrected chi connectivity index (χ3v) is 2.43. The number of anilines is 1. The van der Waals surface area contributed by atoms with E-state index in [-0.39, 0.29) is 12.2 Å². The van der Waals surface area contributed by atoms with Gasteiger partial charge in [-0.25, -0.2) is 4.39 Å². The van der Waals surface area contributed by atoms with E-state index in [0.29, 0.717) is 11.3 Å². The van der Waals surface area contributed by atoms with Crippen molar-refractivity contribution in [2.45, 2.75) is 13.3 Å². The van der Waals surface area contributed by atoms with E-state index in [0.717, 1.165) is 0 Å². The van der Waals surface area contributed by atoms with Gasteiger partial charge < -0.3 is 9.64 Å². The summed E-state index contributed by atoms with van der Waals surface area (Å²) in [4.78, 5) is 23.9. The Hall–Kier alpha value is -1.91. The van der Waals surface area contributed by atoms with E-state index in [4.69, 9.17) is 0 Å². The van der Waals surface area contributed by atoms with E-state index in [2.05, 4.69) is 4.74 Å². The molecule has 1 amide bonds. The highest BCUT2D eigenvalue weighted by Crippen LogP contribution is 2.17. The Labute approximate surface area is 99.0 Å². The molecule has 0 aliphatic carbocycles. The molecule has 4 nitrogen and oxygen atoms in total. The Morgan fingerprint density at radius 3 is 2.59 bits per heavy atom. The summed E-state index contributed by atoms with van der Waals surface area (Å²) >= 11 is 0. The quantitative estimate of drug-likeness (QED) is 0.595. The molecule has 0 saturated heterocycles. The maximum absolute atomic E-state index is 13.1. The van der Waals surface area contributed by atoms with Gasteiger partial charge in [-0.2, -0.15) is 0 Å². The highest BCUT2D eigenvalue weighted by molar-refractivity contribution is 6.03. The van der Waals surface area contributed by atoms with Crippen LogP contribution in [0.2, 0.25) is 0 Å². The summed E-state index contributed by atoms with van der Waals surface area (Å²) in [6.45, 7) is 1.61. The molecule has 1 aromatic rings. The molecule has 5 heteroatoms. The minimum atomic E-state index is -0.597. The van der Waals surface area contributed by atoms with E-state index in [1.165, 1.54) is 31.2 Å². The lowest BCUT2D eigenvalue weighted by atomic mass is 10.2. The number of rotatable bonds is 3. The zero-order valence-electron chi connectivity index (χ0n) is 9.99. The molecule has 0 N–H and O–H groups in total. The van der Waals surface area contributed by atoms with Gasteiger partial charge >= 0.3 is 5.97 Å². The van der Waals surface area contributed by atoms with Gasteiger partial charge in [-0.15, -0.1) is 0 Å². The topological polar surface area (TPSA) is 46.6 Å². The summed E-state index contributed by atoms with van der Waals surface area (Å²) in [5.74, 6) is -1.33. The third-order valence-electron chi connectivity index (χ3n) is 2.43. The number of halogens is 1. The molecule has 1 aromatic carbocycles. The van der Waals surface area contributed by atoms with Crippen molar-refractivity contribution in [1.82, 2.24) is 0 Å². The summed E-state index contributed by atoms with van der Waals surface area (Å²) in [5.41, 5.74) is 0.984. The highest BCUT2D eigenvalue weighted by atomic mass is 19.1. The van der Waals surface area contributed by atoms with Gasteiger partial charge in [-0.1, -0.05) is 0 Å². The smallest absolute Gasteiger partial charge is 0.315 e. The van der Waals surface area contributed by atoms with Gasteiger partial charge in [0.05, 0.1) is 7.11 Å². The average molecular weight is 239 g/mol. The second-order valence-corrected chi connectivity index (χ2v) is 3.64. The number of carbonyl (C=O) groups is 2. The van der Waals surface area contributed by atoms with Gasteiger partial charge in [-0.05, 0) is 30.7 Å². The minimum absolute atomic E-state index is 0.330. The first kappa shape index (κ1) is 13.2. The minimum Gasteiger partial charge on any atom is -0.469 e. The van der Waals surface area contributed by atoms with E-state index in [9.17, 15) is 14.0 Å². The SMILES string of the molecule is COC(=O)CC(=O)N(C)c1ccc(F)c(C)c1. The lowest BCUT2D eigenvalue weighted by Crippen LogP contribution is -2.28. The maximum Gasteiger partial charge on any atom is 0.315 e. The number of carbonyl (C=O) groups excluding carboxylic acids is 2. The Morgan fingerprint density at radius 1 is 1.41 bits per heavy atom. The first-order chi connectivity index (χ1) is 7.95. The van der Waals surface area contributed by atoms with Crippen LogP contribution in [-0.4, -0.2) is 26.0 Å². The van der Waals surface area contributed by atoms with Crippen LogP contribution in [0.1, 0.15) is 12.0 Å². The fourth-order valence-electron chi connectivity index (χ4n) is 1.30. The van der Waals surface area contributed by atoms with Crippen molar-refractivity contribution in [3.63, 3.8) is 0 Å². The van der Waals surface area contributed by atoms with E-state index < -0.39 is 11.9 Å². The molecule has 0 bridgehead atoms. The molecule has 0 heterocycles. The van der Waals surface area contributed by atoms with Gasteiger partial charge in [0.2, 0.25) is 5.91 Å². The zero-order valence-corrected chi connectivity index (χ0v) is 9.99. The van der Waals surface area contributed by atoms with Gasteiger partial charge in [0.1, 0.15) is 12.2 Å². The fraction of sp³-hybridized carbons (Fsp3) is 0.333. The van der Waals surface area contributed by atoms with Crippen molar-refractivity contribution in [2.75, 3.05) is 19.1 Å². The molecule has 0 saturated carbocycles. The standard InChI is InChI=1S/C12H14FNO3/c1-8-6-9(4-5-10(8)13)14(2)11(15)7-12(16)17-3/h4-6H,7H2,1-3H3. The molecule has 0 atom stereocenters. The molecule has 92 valence electrons. The van der Waals surface area contributed by atoms with Crippen LogP contribution < -0.4 is 4.90 Å². The lowest BCUT2D eigenvalue weighted by Gasteiger charge is -2.17. The molecular weight excluding hydrogens is 225 g/mol. The first-order valence-electron chi connectivity index (χ1n) is 5.05. The molecule has 0 fully saturated rings. The number of nitrogens with zero attached hydrogens (tertiary/aromatic N) is 1. The molecular formula is C12H14FNO3. The molecule has 0 radical (unpaired) electrons. The van der Waals surface area contributed by atoms with Crippen LogP contribution in [0.4, 0.5) is 10.1 Å². The fourth-order valence-corrected chi connectivity index (χ4v) is 1.30. The Kier molecular flexibility index (Phi) is 4.20. The largest absolute Gasteiger partial charge is 0.469 e. The number of hydrogen-bond donors (Lipinski definition) is 0. The van der Waals surface area contributed by atoms with Gasteiger partial charge in [0.25, 0.3) is 0 Å². The van der Waals surface area contributed by atoms with Gasteiger partial charge in [0.15, 0.2) is 0 Å². The molecule has 0 unspecified atom stereocenters. The number of aryl methyl sites for hydroxylation is 1. The Bertz CT molecular complexity index is 445.